The average Bonchev–Trinajstić information content (AvgIpc) is 2.49. The molecule has 0 aliphatic carbocycles. The summed E-state index contributed by atoms with van der Waals surface area (Å²) >= 11 is 0. The first-order chi connectivity index (χ1) is 12.3. The predicted molar refractivity (Wildman–Crippen MR) is 118 cm³/mol. The van der Waals surface area contributed by atoms with Gasteiger partial charge in [-0.2, -0.15) is 0 Å². The van der Waals surface area contributed by atoms with E-state index in [1.165, 1.54) is 0 Å². The minimum atomic E-state index is -2.30. The lowest BCUT2D eigenvalue weighted by atomic mass is 9.93. The molecule has 0 fully saturated rings. The molecule has 0 N–H and O–H groups in total. The van der Waals surface area contributed by atoms with E-state index in [0.717, 1.165) is 26.1 Å². The molecule has 0 atom stereocenters. The molecule has 0 rings (SSSR count). The van der Waals surface area contributed by atoms with E-state index in [4.69, 9.17) is 18.3 Å². The third kappa shape index (κ3) is 13.0. The number of rotatable bonds is 14. The quantitative estimate of drug-likeness (QED) is 0.255. The molecule has 27 heavy (non-hydrogen) atoms. The van der Waals surface area contributed by atoms with Crippen molar-refractivity contribution in [2.75, 3.05) is 39.6 Å². The fraction of sp³-hybridized carbons (Fsp3) is 1.00. The van der Waals surface area contributed by atoms with Crippen LogP contribution in [0, 0.1) is 10.8 Å². The van der Waals surface area contributed by atoms with Gasteiger partial charge in [0.25, 0.3) is 0 Å². The van der Waals surface area contributed by atoms with Crippen molar-refractivity contribution in [3.8, 4) is 0 Å². The molecule has 164 valence electrons. The van der Waals surface area contributed by atoms with Crippen molar-refractivity contribution in [3.05, 3.63) is 0 Å². The summed E-state index contributed by atoms with van der Waals surface area (Å²) in [5.74, 6) is 0. The molecule has 0 saturated carbocycles. The third-order valence-electron chi connectivity index (χ3n) is 4.71. The highest BCUT2D eigenvalue weighted by atomic mass is 28.4. The number of hydrogen-bond donors (Lipinski definition) is 0. The summed E-state index contributed by atoms with van der Waals surface area (Å²) < 4.78 is 24.3. The molecule has 0 aliphatic rings. The summed E-state index contributed by atoms with van der Waals surface area (Å²) in [6.45, 7) is 26.3. The Morgan fingerprint density at radius 2 is 0.889 bits per heavy atom. The maximum absolute atomic E-state index is 6.38. The Morgan fingerprint density at radius 3 is 1.15 bits per heavy atom. The molecule has 0 amide bonds. The van der Waals surface area contributed by atoms with Gasteiger partial charge in [0.2, 0.25) is 0 Å². The zero-order valence-corrected chi connectivity index (χ0v) is 20.9. The van der Waals surface area contributed by atoms with Crippen LogP contribution in [-0.4, -0.2) is 48.2 Å². The maximum Gasteiger partial charge on any atom is 0.343 e. The summed E-state index contributed by atoms with van der Waals surface area (Å²) in [6, 6.07) is 0. The van der Waals surface area contributed by atoms with Crippen LogP contribution < -0.4 is 0 Å². The molecule has 0 bridgehead atoms. The summed E-state index contributed by atoms with van der Waals surface area (Å²) in [5.41, 5.74) is 1.40. The fourth-order valence-corrected chi connectivity index (χ4v) is 6.41. The van der Waals surface area contributed by atoms with E-state index in [1.807, 2.05) is 0 Å². The topological polar surface area (TPSA) is 36.9 Å². The van der Waals surface area contributed by atoms with E-state index in [2.05, 4.69) is 69.2 Å². The Bertz CT molecular complexity index is 333. The van der Waals surface area contributed by atoms with E-state index in [-0.39, 0.29) is 0 Å². The van der Waals surface area contributed by atoms with Gasteiger partial charge in [-0.15, -0.1) is 0 Å². The highest BCUT2D eigenvalue weighted by Gasteiger charge is 2.44. The maximum atomic E-state index is 6.38. The molecule has 0 heterocycles. The van der Waals surface area contributed by atoms with Crippen molar-refractivity contribution in [2.45, 2.75) is 93.2 Å². The molecule has 0 aliphatic heterocycles. The monoisotopic (exact) mass is 404 g/mol. The minimum Gasteiger partial charge on any atom is -0.391 e. The first kappa shape index (κ1) is 27.1. The fourth-order valence-electron chi connectivity index (χ4n) is 2.86. The minimum absolute atomic E-state index is 0.311. The summed E-state index contributed by atoms with van der Waals surface area (Å²) in [4.78, 5) is 0. The van der Waals surface area contributed by atoms with Gasteiger partial charge < -0.3 is 18.3 Å². The van der Waals surface area contributed by atoms with Crippen LogP contribution in [0.4, 0.5) is 0 Å². The molecule has 0 aromatic carbocycles. The van der Waals surface area contributed by atoms with Gasteiger partial charge in [-0.05, 0) is 34.8 Å². The van der Waals surface area contributed by atoms with Gasteiger partial charge in [0.1, 0.15) is 0 Å². The van der Waals surface area contributed by atoms with Crippen molar-refractivity contribution in [2.24, 2.45) is 10.8 Å². The Labute approximate surface area is 170 Å². The zero-order chi connectivity index (χ0) is 21.1. The molecule has 5 heteroatoms. The molecule has 0 spiro atoms. The molecular weight excluding hydrogens is 356 g/mol. The Kier molecular flexibility index (Phi) is 12.6. The van der Waals surface area contributed by atoms with E-state index < -0.39 is 8.56 Å². The summed E-state index contributed by atoms with van der Waals surface area (Å²) in [6.07, 6.45) is 2.12. The summed E-state index contributed by atoms with van der Waals surface area (Å²) in [7, 11) is -2.30. The van der Waals surface area contributed by atoms with Crippen LogP contribution in [0.25, 0.3) is 0 Å². The van der Waals surface area contributed by atoms with Crippen LogP contribution in [0.15, 0.2) is 0 Å². The largest absolute Gasteiger partial charge is 0.391 e. The Hall–Kier alpha value is 0.0569. The third-order valence-corrected chi connectivity index (χ3v) is 9.24. The Morgan fingerprint density at radius 1 is 0.556 bits per heavy atom. The molecule has 4 nitrogen and oxygen atoms in total. The second-order valence-electron chi connectivity index (χ2n) is 10.6. The van der Waals surface area contributed by atoms with Crippen molar-refractivity contribution in [3.63, 3.8) is 0 Å². The van der Waals surface area contributed by atoms with E-state index in [9.17, 15) is 0 Å². The molecule has 0 aromatic rings. The van der Waals surface area contributed by atoms with Crippen LogP contribution in [0.5, 0.6) is 0 Å². The van der Waals surface area contributed by atoms with Gasteiger partial charge in [0.05, 0.1) is 26.4 Å². The molecule has 0 unspecified atom stereocenters. The van der Waals surface area contributed by atoms with Gasteiger partial charge in [-0.3, -0.25) is 0 Å². The normalized spacial score (nSPS) is 13.8. The Balaban J connectivity index is 4.32. The van der Waals surface area contributed by atoms with E-state index in [1.54, 1.807) is 0 Å². The zero-order valence-electron chi connectivity index (χ0n) is 19.9. The standard InChI is InChI=1S/C22H48O4Si/c1-19(2)27(20(3)4,25-17-15-23-13-11-21(5,6)7)26-18-16-24-14-12-22(8,9)10/h19-20H,11-18H2,1-10H3. The van der Waals surface area contributed by atoms with Gasteiger partial charge in [0.15, 0.2) is 0 Å². The second kappa shape index (κ2) is 12.6. The van der Waals surface area contributed by atoms with Gasteiger partial charge in [-0.1, -0.05) is 69.2 Å². The predicted octanol–water partition coefficient (Wildman–Crippen LogP) is 6.19. The SMILES string of the molecule is CC(C)[Si](OCCOCCC(C)(C)C)(OCCOCCC(C)(C)C)C(C)C. The first-order valence-corrected chi connectivity index (χ1v) is 12.7. The molecule has 0 saturated heterocycles. The second-order valence-corrected chi connectivity index (χ2v) is 14.9. The van der Waals surface area contributed by atoms with Gasteiger partial charge in [0, 0.05) is 13.2 Å². The molecule has 0 radical (unpaired) electrons. The van der Waals surface area contributed by atoms with E-state index >= 15 is 0 Å². The van der Waals surface area contributed by atoms with Gasteiger partial charge >= 0.3 is 8.56 Å². The average molecular weight is 405 g/mol. The van der Waals surface area contributed by atoms with Crippen molar-refractivity contribution in [1.29, 1.82) is 0 Å². The highest BCUT2D eigenvalue weighted by molar-refractivity contribution is 6.70. The van der Waals surface area contributed by atoms with Crippen LogP contribution in [0.3, 0.4) is 0 Å². The van der Waals surface area contributed by atoms with Crippen molar-refractivity contribution < 1.29 is 18.3 Å². The highest BCUT2D eigenvalue weighted by Crippen LogP contribution is 2.34. The van der Waals surface area contributed by atoms with Crippen LogP contribution in [0.2, 0.25) is 11.1 Å². The number of hydrogen-bond acceptors (Lipinski definition) is 4. The van der Waals surface area contributed by atoms with Crippen LogP contribution >= 0.6 is 0 Å². The molecule has 0 aromatic heterocycles. The lowest BCUT2D eigenvalue weighted by Gasteiger charge is -2.37. The van der Waals surface area contributed by atoms with Crippen molar-refractivity contribution in [1.82, 2.24) is 0 Å². The van der Waals surface area contributed by atoms with Crippen LogP contribution in [0.1, 0.15) is 82.1 Å². The smallest absolute Gasteiger partial charge is 0.343 e. The summed E-state index contributed by atoms with van der Waals surface area (Å²) in [5, 5.41) is 0. The van der Waals surface area contributed by atoms with Gasteiger partial charge in [-0.25, -0.2) is 0 Å². The van der Waals surface area contributed by atoms with Crippen LogP contribution in [-0.2, 0) is 18.3 Å². The number of ether oxygens (including phenoxy) is 2. The van der Waals surface area contributed by atoms with E-state index in [0.29, 0.717) is 48.3 Å². The van der Waals surface area contributed by atoms with Crippen molar-refractivity contribution >= 4 is 8.56 Å². The lowest BCUT2D eigenvalue weighted by molar-refractivity contribution is 0.0435. The first-order valence-electron chi connectivity index (χ1n) is 10.7. The molecular formula is C22H48O4Si. The lowest BCUT2D eigenvalue weighted by Crippen LogP contribution is -2.49.